The molecule has 0 unspecified atom stereocenters. The fourth-order valence-electron chi connectivity index (χ4n) is 2.62. The maximum atomic E-state index is 12.0. The van der Waals surface area contributed by atoms with Gasteiger partial charge in [0.1, 0.15) is 5.01 Å². The van der Waals surface area contributed by atoms with Gasteiger partial charge in [-0.2, -0.15) is 0 Å². The van der Waals surface area contributed by atoms with E-state index in [4.69, 9.17) is 21.1 Å². The van der Waals surface area contributed by atoms with Gasteiger partial charge >= 0.3 is 0 Å². The van der Waals surface area contributed by atoms with Crippen molar-refractivity contribution in [2.45, 2.75) is 12.3 Å². The van der Waals surface area contributed by atoms with Crippen LogP contribution in [0.5, 0.6) is 11.5 Å². The number of aromatic nitrogens is 1. The number of carbonyl (C=O) groups is 1. The summed E-state index contributed by atoms with van der Waals surface area (Å²) >= 11 is 9.06. The molecule has 1 N–H and O–H groups in total. The van der Waals surface area contributed by atoms with Crippen molar-refractivity contribution >= 4 is 40.6 Å². The van der Waals surface area contributed by atoms with Crippen LogP contribution in [0.4, 0.5) is 0 Å². The first-order valence-corrected chi connectivity index (χ1v) is 11.3. The molecule has 8 heteroatoms. The summed E-state index contributed by atoms with van der Waals surface area (Å²) < 4.78 is 10.6. The van der Waals surface area contributed by atoms with E-state index in [1.165, 1.54) is 11.8 Å². The van der Waals surface area contributed by atoms with Gasteiger partial charge in [-0.1, -0.05) is 23.7 Å². The molecule has 0 aliphatic heterocycles. The average molecular weight is 449 g/mol. The standard InChI is InChI=1S/C21H21ClN2O3S2/c1-26-18-7-6-15(9-19(18)27-2)21-24-17(12-29-21)11-28-13-20(25)23-10-14-4-3-5-16(22)8-14/h3-9,12H,10-11,13H2,1-2H3,(H,23,25). The fourth-order valence-corrected chi connectivity index (χ4v) is 4.50. The Morgan fingerprint density at radius 1 is 1.17 bits per heavy atom. The van der Waals surface area contributed by atoms with E-state index in [1.807, 2.05) is 47.8 Å². The third-order valence-electron chi connectivity index (χ3n) is 4.04. The number of rotatable bonds is 9. The monoisotopic (exact) mass is 448 g/mol. The second kappa shape index (κ2) is 10.5. The van der Waals surface area contributed by atoms with Gasteiger partial charge in [-0.25, -0.2) is 4.98 Å². The minimum Gasteiger partial charge on any atom is -0.493 e. The number of hydrogen-bond acceptors (Lipinski definition) is 6. The Morgan fingerprint density at radius 2 is 2.00 bits per heavy atom. The first-order valence-electron chi connectivity index (χ1n) is 8.84. The van der Waals surface area contributed by atoms with Crippen molar-refractivity contribution in [3.8, 4) is 22.1 Å². The Balaban J connectivity index is 1.48. The third kappa shape index (κ3) is 6.13. The molecular weight excluding hydrogens is 428 g/mol. The normalized spacial score (nSPS) is 10.6. The fraction of sp³-hybridized carbons (Fsp3) is 0.238. The number of halogens is 1. The smallest absolute Gasteiger partial charge is 0.230 e. The van der Waals surface area contributed by atoms with Gasteiger partial charge < -0.3 is 14.8 Å². The second-order valence-electron chi connectivity index (χ2n) is 6.11. The Kier molecular flexibility index (Phi) is 7.80. The van der Waals surface area contributed by atoms with Gasteiger partial charge in [0.25, 0.3) is 0 Å². The molecule has 0 saturated carbocycles. The summed E-state index contributed by atoms with van der Waals surface area (Å²) in [6.07, 6.45) is 0. The quantitative estimate of drug-likeness (QED) is 0.497. The molecule has 29 heavy (non-hydrogen) atoms. The predicted octanol–water partition coefficient (Wildman–Crippen LogP) is 5.03. The Morgan fingerprint density at radius 3 is 2.76 bits per heavy atom. The van der Waals surface area contributed by atoms with Gasteiger partial charge in [-0.3, -0.25) is 4.79 Å². The zero-order valence-electron chi connectivity index (χ0n) is 16.1. The number of ether oxygens (including phenoxy) is 2. The van der Waals surface area contributed by atoms with Gasteiger partial charge in [0.15, 0.2) is 11.5 Å². The zero-order chi connectivity index (χ0) is 20.6. The highest BCUT2D eigenvalue weighted by molar-refractivity contribution is 7.99. The number of thioether (sulfide) groups is 1. The molecule has 0 aliphatic carbocycles. The highest BCUT2D eigenvalue weighted by Gasteiger charge is 2.10. The summed E-state index contributed by atoms with van der Waals surface area (Å²) in [5, 5.41) is 6.50. The van der Waals surface area contributed by atoms with Crippen molar-refractivity contribution < 1.29 is 14.3 Å². The number of amides is 1. The molecule has 0 bridgehead atoms. The lowest BCUT2D eigenvalue weighted by atomic mass is 10.2. The summed E-state index contributed by atoms with van der Waals surface area (Å²) in [5.41, 5.74) is 2.91. The summed E-state index contributed by atoms with van der Waals surface area (Å²) in [6.45, 7) is 0.472. The molecule has 0 saturated heterocycles. The molecule has 1 amide bonds. The molecule has 0 spiro atoms. The van der Waals surface area contributed by atoms with Crippen LogP contribution < -0.4 is 14.8 Å². The SMILES string of the molecule is COc1ccc(-c2nc(CSCC(=O)NCc3cccc(Cl)c3)cs2)cc1OC. The van der Waals surface area contributed by atoms with Crippen LogP contribution in [0.3, 0.4) is 0 Å². The van der Waals surface area contributed by atoms with E-state index in [0.29, 0.717) is 34.6 Å². The van der Waals surface area contributed by atoms with Gasteiger partial charge in [0, 0.05) is 28.3 Å². The van der Waals surface area contributed by atoms with Crippen LogP contribution in [0.1, 0.15) is 11.3 Å². The van der Waals surface area contributed by atoms with Crippen LogP contribution in [0.15, 0.2) is 47.8 Å². The lowest BCUT2D eigenvalue weighted by Crippen LogP contribution is -2.24. The van der Waals surface area contributed by atoms with Crippen molar-refractivity contribution in [3.05, 3.63) is 64.1 Å². The maximum absolute atomic E-state index is 12.0. The number of carbonyl (C=O) groups excluding carboxylic acids is 1. The van der Waals surface area contributed by atoms with E-state index in [2.05, 4.69) is 10.3 Å². The van der Waals surface area contributed by atoms with Crippen LogP contribution in [-0.2, 0) is 17.1 Å². The van der Waals surface area contributed by atoms with Crippen molar-refractivity contribution in [2.24, 2.45) is 0 Å². The van der Waals surface area contributed by atoms with E-state index in [1.54, 1.807) is 25.6 Å². The summed E-state index contributed by atoms with van der Waals surface area (Å²) in [7, 11) is 3.23. The van der Waals surface area contributed by atoms with E-state index in [9.17, 15) is 4.79 Å². The number of benzene rings is 2. The summed E-state index contributed by atoms with van der Waals surface area (Å²) in [4.78, 5) is 16.7. The highest BCUT2D eigenvalue weighted by atomic mass is 35.5. The Labute approximate surface area is 183 Å². The van der Waals surface area contributed by atoms with Crippen molar-refractivity contribution in [3.63, 3.8) is 0 Å². The van der Waals surface area contributed by atoms with Crippen LogP contribution in [0.25, 0.3) is 10.6 Å². The molecular formula is C21H21ClN2O3S2. The number of nitrogens with zero attached hydrogens (tertiary/aromatic N) is 1. The molecule has 152 valence electrons. The molecule has 1 aromatic heterocycles. The van der Waals surface area contributed by atoms with Crippen LogP contribution in [-0.4, -0.2) is 30.9 Å². The van der Waals surface area contributed by atoms with Gasteiger partial charge in [-0.05, 0) is 35.9 Å². The number of nitrogens with one attached hydrogen (secondary N) is 1. The minimum absolute atomic E-state index is 0.00896. The van der Waals surface area contributed by atoms with E-state index >= 15 is 0 Å². The summed E-state index contributed by atoms with van der Waals surface area (Å²) in [6, 6.07) is 13.2. The van der Waals surface area contributed by atoms with Crippen LogP contribution in [0.2, 0.25) is 5.02 Å². The third-order valence-corrected chi connectivity index (χ3v) is 6.19. The molecule has 0 atom stereocenters. The van der Waals surface area contributed by atoms with Crippen LogP contribution >= 0.6 is 34.7 Å². The lowest BCUT2D eigenvalue weighted by molar-refractivity contribution is -0.118. The van der Waals surface area contributed by atoms with E-state index < -0.39 is 0 Å². The molecule has 2 aromatic carbocycles. The number of thiazole rings is 1. The van der Waals surface area contributed by atoms with E-state index in [0.717, 1.165) is 21.8 Å². The minimum atomic E-state index is -0.00896. The van der Waals surface area contributed by atoms with Crippen LogP contribution in [0, 0.1) is 0 Å². The molecule has 0 aliphatic rings. The topological polar surface area (TPSA) is 60.5 Å². The molecule has 3 rings (SSSR count). The average Bonchev–Trinajstić information content (AvgIpc) is 3.20. The first-order chi connectivity index (χ1) is 14.1. The van der Waals surface area contributed by atoms with E-state index in [-0.39, 0.29) is 5.91 Å². The molecule has 0 radical (unpaired) electrons. The first kappa shape index (κ1) is 21.5. The largest absolute Gasteiger partial charge is 0.493 e. The van der Waals surface area contributed by atoms with Gasteiger partial charge in [-0.15, -0.1) is 23.1 Å². The summed E-state index contributed by atoms with van der Waals surface area (Å²) in [5.74, 6) is 2.41. The maximum Gasteiger partial charge on any atom is 0.230 e. The Hall–Kier alpha value is -2.22. The van der Waals surface area contributed by atoms with Crippen molar-refractivity contribution in [2.75, 3.05) is 20.0 Å². The van der Waals surface area contributed by atoms with Gasteiger partial charge in [0.2, 0.25) is 5.91 Å². The second-order valence-corrected chi connectivity index (χ2v) is 8.39. The van der Waals surface area contributed by atoms with Gasteiger partial charge in [0.05, 0.1) is 25.7 Å². The van der Waals surface area contributed by atoms with Crippen molar-refractivity contribution in [1.29, 1.82) is 0 Å². The number of hydrogen-bond donors (Lipinski definition) is 1. The molecule has 3 aromatic rings. The van der Waals surface area contributed by atoms with Crippen molar-refractivity contribution in [1.82, 2.24) is 10.3 Å². The lowest BCUT2D eigenvalue weighted by Gasteiger charge is -2.08. The zero-order valence-corrected chi connectivity index (χ0v) is 18.5. The molecule has 1 heterocycles. The highest BCUT2D eigenvalue weighted by Crippen LogP contribution is 2.33. The Bertz CT molecular complexity index is 978. The molecule has 5 nitrogen and oxygen atoms in total. The molecule has 0 fully saturated rings. The predicted molar refractivity (Wildman–Crippen MR) is 120 cm³/mol. The number of methoxy groups -OCH3 is 2.